The summed E-state index contributed by atoms with van der Waals surface area (Å²) in [7, 11) is 0. The number of nitrogens with zero attached hydrogens (tertiary/aromatic N) is 5. The molecule has 0 radical (unpaired) electrons. The van der Waals surface area contributed by atoms with Crippen molar-refractivity contribution in [3.63, 3.8) is 0 Å². The summed E-state index contributed by atoms with van der Waals surface area (Å²) in [5.74, 6) is 0.977. The van der Waals surface area contributed by atoms with Gasteiger partial charge in [-0.25, -0.2) is 13.2 Å². The van der Waals surface area contributed by atoms with E-state index in [0.29, 0.717) is 55.5 Å². The van der Waals surface area contributed by atoms with Gasteiger partial charge < -0.3 is 19.8 Å². The van der Waals surface area contributed by atoms with E-state index in [9.17, 15) is 19.0 Å². The van der Waals surface area contributed by atoms with Crippen molar-refractivity contribution < 1.29 is 28.1 Å². The SMILES string of the molecule is C#Cc1c(F)ccc2cc(O)cc(-c3ncc4c(N5CC[C@@H](O)[C@H](CC=C)C5)nc(OC[C@@]56CCCN5C[C@H](F)C6)nc4c3F)c12. The Labute approximate surface area is 264 Å². The lowest BCUT2D eigenvalue weighted by Crippen LogP contribution is -2.44. The summed E-state index contributed by atoms with van der Waals surface area (Å²) >= 11 is 0. The van der Waals surface area contributed by atoms with E-state index >= 15 is 4.39 Å². The summed E-state index contributed by atoms with van der Waals surface area (Å²) in [5, 5.41) is 22.1. The minimum Gasteiger partial charge on any atom is -0.508 e. The molecule has 2 N–H and O–H groups in total. The molecule has 0 amide bonds. The Morgan fingerprint density at radius 3 is 2.85 bits per heavy atom. The maximum Gasteiger partial charge on any atom is 0.319 e. The van der Waals surface area contributed by atoms with Crippen molar-refractivity contribution in [3.05, 3.63) is 60.3 Å². The van der Waals surface area contributed by atoms with Gasteiger partial charge in [-0.2, -0.15) is 9.97 Å². The number of anilines is 1. The molecular formula is C35H34F3N5O3. The Morgan fingerprint density at radius 1 is 1.20 bits per heavy atom. The molecule has 5 heterocycles. The van der Waals surface area contributed by atoms with Crippen LogP contribution >= 0.6 is 0 Å². The van der Waals surface area contributed by atoms with Crippen LogP contribution in [0.15, 0.2) is 43.1 Å². The Kier molecular flexibility index (Phi) is 7.73. The van der Waals surface area contributed by atoms with Crippen LogP contribution in [0.5, 0.6) is 11.8 Å². The fraction of sp³-hybridized carbons (Fsp3) is 0.400. The summed E-state index contributed by atoms with van der Waals surface area (Å²) in [5.41, 5.74) is -0.703. The van der Waals surface area contributed by atoms with E-state index in [1.165, 1.54) is 30.5 Å². The number of piperidine rings is 1. The van der Waals surface area contributed by atoms with Crippen LogP contribution in [0.25, 0.3) is 32.9 Å². The maximum atomic E-state index is 16.8. The number of pyridine rings is 1. The molecule has 3 fully saturated rings. The number of rotatable bonds is 7. The second kappa shape index (κ2) is 11.8. The molecule has 4 atom stereocenters. The van der Waals surface area contributed by atoms with Gasteiger partial charge >= 0.3 is 6.01 Å². The molecule has 11 heteroatoms. The molecule has 0 spiro atoms. The van der Waals surface area contributed by atoms with E-state index in [-0.39, 0.29) is 52.0 Å². The number of benzene rings is 2. The number of hydrogen-bond acceptors (Lipinski definition) is 8. The normalized spacial score (nSPS) is 24.8. The molecule has 2 aromatic heterocycles. The van der Waals surface area contributed by atoms with Crippen molar-refractivity contribution in [2.45, 2.75) is 49.9 Å². The number of aromatic hydroxyl groups is 1. The molecule has 238 valence electrons. The van der Waals surface area contributed by atoms with Crippen molar-refractivity contribution >= 4 is 27.5 Å². The second-order valence-electron chi connectivity index (χ2n) is 12.6. The monoisotopic (exact) mass is 629 g/mol. The zero-order valence-electron chi connectivity index (χ0n) is 25.2. The van der Waals surface area contributed by atoms with E-state index in [2.05, 4.69) is 27.4 Å². The van der Waals surface area contributed by atoms with Crippen molar-refractivity contribution in [3.8, 4) is 35.4 Å². The number of alkyl halides is 1. The highest BCUT2D eigenvalue weighted by Gasteiger charge is 2.49. The van der Waals surface area contributed by atoms with Crippen LogP contribution in [-0.4, -0.2) is 80.7 Å². The first-order valence-electron chi connectivity index (χ1n) is 15.6. The summed E-state index contributed by atoms with van der Waals surface area (Å²) in [6.45, 7) is 6.00. The molecule has 46 heavy (non-hydrogen) atoms. The number of aliphatic hydroxyl groups is 1. The number of aromatic nitrogens is 3. The Morgan fingerprint density at radius 2 is 2.04 bits per heavy atom. The van der Waals surface area contributed by atoms with Crippen LogP contribution < -0.4 is 9.64 Å². The predicted molar refractivity (Wildman–Crippen MR) is 169 cm³/mol. The van der Waals surface area contributed by atoms with E-state index in [4.69, 9.17) is 16.1 Å². The molecule has 0 bridgehead atoms. The number of halogens is 3. The first-order chi connectivity index (χ1) is 22.2. The standard InChI is InChI=1S/C35H34F3N5O3/c1-3-6-21-17-42(12-9-28(21)45)33-26-16-39-31(25-14-23(44)13-20-7-8-27(37)24(4-2)29(20)25)30(38)32(26)40-34(41-33)46-19-35-10-5-11-43(35)18-22(36)15-35/h2-3,7-8,13-14,16,21-22,28,44-45H,1,5-6,9-12,15,17-19H2/t21-,22-,28-,35+/m1/s1. The molecule has 3 aliphatic rings. The van der Waals surface area contributed by atoms with Gasteiger partial charge in [-0.1, -0.05) is 18.1 Å². The van der Waals surface area contributed by atoms with Gasteiger partial charge in [-0.3, -0.25) is 9.88 Å². The number of fused-ring (bicyclic) bond motifs is 3. The topological polar surface area (TPSA) is 94.8 Å². The van der Waals surface area contributed by atoms with Gasteiger partial charge in [0.25, 0.3) is 0 Å². The lowest BCUT2D eigenvalue weighted by Gasteiger charge is -2.37. The minimum absolute atomic E-state index is 0.0652. The second-order valence-corrected chi connectivity index (χ2v) is 12.6. The molecule has 2 aromatic carbocycles. The van der Waals surface area contributed by atoms with Crippen molar-refractivity contribution in [1.29, 1.82) is 0 Å². The van der Waals surface area contributed by atoms with E-state index < -0.39 is 29.4 Å². The molecule has 0 saturated carbocycles. The number of ether oxygens (including phenoxy) is 1. The third-order valence-electron chi connectivity index (χ3n) is 9.79. The minimum atomic E-state index is -0.945. The molecule has 3 aliphatic heterocycles. The molecule has 8 nitrogen and oxygen atoms in total. The number of phenols is 1. The first-order valence-corrected chi connectivity index (χ1v) is 15.6. The Bertz CT molecular complexity index is 1900. The number of aliphatic hydroxyl groups excluding tert-OH is 1. The van der Waals surface area contributed by atoms with Gasteiger partial charge in [0, 0.05) is 49.1 Å². The summed E-state index contributed by atoms with van der Waals surface area (Å²) in [6.07, 6.45) is 10.5. The quantitative estimate of drug-likeness (QED) is 0.204. The highest BCUT2D eigenvalue weighted by atomic mass is 19.1. The van der Waals surface area contributed by atoms with Gasteiger partial charge in [-0.15, -0.1) is 13.0 Å². The number of hydrogen-bond donors (Lipinski definition) is 2. The van der Waals surface area contributed by atoms with Crippen LogP contribution in [0.3, 0.4) is 0 Å². The number of phenolic OH excluding ortho intramolecular Hbond substituents is 1. The highest BCUT2D eigenvalue weighted by molar-refractivity contribution is 6.03. The van der Waals surface area contributed by atoms with Crippen molar-refractivity contribution in [2.75, 3.05) is 37.7 Å². The third kappa shape index (κ3) is 5.10. The van der Waals surface area contributed by atoms with Crippen LogP contribution in [0.1, 0.15) is 37.7 Å². The molecule has 3 saturated heterocycles. The first kappa shape index (κ1) is 30.3. The molecular weight excluding hydrogens is 595 g/mol. The molecule has 0 unspecified atom stereocenters. The third-order valence-corrected chi connectivity index (χ3v) is 9.79. The molecule has 7 rings (SSSR count). The zero-order chi connectivity index (χ0) is 32.2. The van der Waals surface area contributed by atoms with E-state index in [1.54, 1.807) is 6.08 Å². The van der Waals surface area contributed by atoms with Crippen LogP contribution in [0.2, 0.25) is 0 Å². The maximum absolute atomic E-state index is 16.8. The number of terminal acetylenes is 1. The van der Waals surface area contributed by atoms with Gasteiger partial charge in [0.1, 0.15) is 41.4 Å². The summed E-state index contributed by atoms with van der Waals surface area (Å²) in [4.78, 5) is 17.8. The average molecular weight is 630 g/mol. The highest BCUT2D eigenvalue weighted by Crippen LogP contribution is 2.42. The molecule has 4 aromatic rings. The van der Waals surface area contributed by atoms with Gasteiger partial charge in [0.2, 0.25) is 0 Å². The number of allylic oxidation sites excluding steroid dienone is 1. The lowest BCUT2D eigenvalue weighted by atomic mass is 9.91. The Hall–Kier alpha value is -4.40. The van der Waals surface area contributed by atoms with Crippen LogP contribution in [-0.2, 0) is 0 Å². The fourth-order valence-corrected chi connectivity index (χ4v) is 7.57. The van der Waals surface area contributed by atoms with Crippen LogP contribution in [0.4, 0.5) is 19.0 Å². The lowest BCUT2D eigenvalue weighted by molar-refractivity contribution is 0.0890. The fourth-order valence-electron chi connectivity index (χ4n) is 7.57. The largest absolute Gasteiger partial charge is 0.508 e. The summed E-state index contributed by atoms with van der Waals surface area (Å²) in [6, 6.07) is 5.31. The predicted octanol–water partition coefficient (Wildman–Crippen LogP) is 5.53. The van der Waals surface area contributed by atoms with Crippen molar-refractivity contribution in [1.82, 2.24) is 19.9 Å². The Balaban J connectivity index is 1.37. The van der Waals surface area contributed by atoms with Crippen LogP contribution in [0, 0.1) is 29.9 Å². The van der Waals surface area contributed by atoms with Crippen molar-refractivity contribution in [2.24, 2.45) is 5.92 Å². The molecule has 0 aliphatic carbocycles. The van der Waals surface area contributed by atoms with Gasteiger partial charge in [0.05, 0.1) is 22.6 Å². The zero-order valence-corrected chi connectivity index (χ0v) is 25.2. The van der Waals surface area contributed by atoms with Gasteiger partial charge in [0.15, 0.2) is 5.82 Å². The van der Waals surface area contributed by atoms with E-state index in [1.807, 2.05) is 4.90 Å². The smallest absolute Gasteiger partial charge is 0.319 e. The van der Waals surface area contributed by atoms with E-state index in [0.717, 1.165) is 19.4 Å². The van der Waals surface area contributed by atoms with Gasteiger partial charge in [-0.05, 0) is 55.8 Å². The summed E-state index contributed by atoms with van der Waals surface area (Å²) < 4.78 is 52.3. The average Bonchev–Trinajstić information content (AvgIpc) is 3.57.